The molecule has 0 aliphatic carbocycles. The van der Waals surface area contributed by atoms with Crippen LogP contribution in [0, 0.1) is 0 Å². The molecule has 0 saturated heterocycles. The van der Waals surface area contributed by atoms with Crippen LogP contribution in [0.1, 0.15) is 41.4 Å². The Bertz CT molecular complexity index is 1210. The van der Waals surface area contributed by atoms with Crippen molar-refractivity contribution in [2.45, 2.75) is 0 Å². The summed E-state index contributed by atoms with van der Waals surface area (Å²) in [6.45, 7) is 0. The first-order valence-electron chi connectivity index (χ1n) is 8.08. The average Bonchev–Trinajstić information content (AvgIpc) is 3.11. The quantitative estimate of drug-likeness (QED) is 0.661. The standard InChI is InChI=1S/C20H9ClN2O4/c21-15-10-6-2-1-5-9(10)13-14(18(25)22-17(13)24)16(15)23-19(26)11-7-3-4-8-12(11)20(23)27/h1-8H,(H,22,24,25). The van der Waals surface area contributed by atoms with Gasteiger partial charge in [0.1, 0.15) is 0 Å². The molecule has 1 N–H and O–H groups in total. The van der Waals surface area contributed by atoms with Gasteiger partial charge in [0, 0.05) is 5.39 Å². The summed E-state index contributed by atoms with van der Waals surface area (Å²) in [6, 6.07) is 13.2. The maximum absolute atomic E-state index is 12.9. The second-order valence-electron chi connectivity index (χ2n) is 6.23. The SMILES string of the molecule is O=C1NC(=O)c2c1c(N1C(=O)c3ccccc3C1=O)c(Cl)c1ccccc21. The van der Waals surface area contributed by atoms with E-state index < -0.39 is 23.6 Å². The van der Waals surface area contributed by atoms with Crippen LogP contribution in [0.4, 0.5) is 5.69 Å². The molecular weight excluding hydrogens is 368 g/mol. The molecule has 7 heteroatoms. The van der Waals surface area contributed by atoms with Gasteiger partial charge in [0.15, 0.2) is 0 Å². The Hall–Kier alpha value is -3.51. The van der Waals surface area contributed by atoms with E-state index in [0.717, 1.165) is 4.90 Å². The molecule has 3 aromatic carbocycles. The Kier molecular flexibility index (Phi) is 3.06. The van der Waals surface area contributed by atoms with Gasteiger partial charge in [-0.05, 0) is 17.5 Å². The number of carbonyl (C=O) groups excluding carboxylic acids is 4. The molecule has 3 aromatic rings. The number of nitrogens with zero attached hydrogens (tertiary/aromatic N) is 1. The van der Waals surface area contributed by atoms with E-state index in [-0.39, 0.29) is 33.0 Å². The van der Waals surface area contributed by atoms with E-state index in [1.165, 1.54) is 12.1 Å². The number of carbonyl (C=O) groups is 4. The number of nitrogens with one attached hydrogen (secondary N) is 1. The molecule has 0 spiro atoms. The van der Waals surface area contributed by atoms with Crippen molar-refractivity contribution in [3.05, 3.63) is 75.8 Å². The van der Waals surface area contributed by atoms with Crippen LogP contribution in [-0.2, 0) is 0 Å². The van der Waals surface area contributed by atoms with Crippen molar-refractivity contribution in [2.75, 3.05) is 4.90 Å². The first-order chi connectivity index (χ1) is 13.0. The molecule has 0 atom stereocenters. The van der Waals surface area contributed by atoms with Gasteiger partial charge in [-0.15, -0.1) is 0 Å². The Labute approximate surface area is 157 Å². The van der Waals surface area contributed by atoms with Crippen LogP contribution in [-0.4, -0.2) is 23.6 Å². The minimum Gasteiger partial charge on any atom is -0.288 e. The summed E-state index contributed by atoms with van der Waals surface area (Å²) in [6.07, 6.45) is 0. The summed E-state index contributed by atoms with van der Waals surface area (Å²) in [7, 11) is 0. The zero-order valence-corrected chi connectivity index (χ0v) is 14.3. The van der Waals surface area contributed by atoms with E-state index in [9.17, 15) is 19.2 Å². The molecule has 0 fully saturated rings. The minimum atomic E-state index is -0.686. The average molecular weight is 377 g/mol. The van der Waals surface area contributed by atoms with Crippen LogP contribution in [0.5, 0.6) is 0 Å². The van der Waals surface area contributed by atoms with Crippen molar-refractivity contribution < 1.29 is 19.2 Å². The van der Waals surface area contributed by atoms with Gasteiger partial charge in [-0.25, -0.2) is 4.90 Å². The van der Waals surface area contributed by atoms with Crippen molar-refractivity contribution in [1.29, 1.82) is 0 Å². The van der Waals surface area contributed by atoms with Gasteiger partial charge in [0.25, 0.3) is 23.6 Å². The van der Waals surface area contributed by atoms with E-state index in [4.69, 9.17) is 11.6 Å². The molecule has 0 radical (unpaired) electrons. The van der Waals surface area contributed by atoms with Gasteiger partial charge in [-0.3, -0.25) is 24.5 Å². The van der Waals surface area contributed by atoms with Crippen LogP contribution in [0.3, 0.4) is 0 Å². The Morgan fingerprint density at radius 1 is 0.704 bits per heavy atom. The van der Waals surface area contributed by atoms with Crippen LogP contribution >= 0.6 is 11.6 Å². The zero-order valence-electron chi connectivity index (χ0n) is 13.6. The lowest BCUT2D eigenvalue weighted by atomic mass is 9.97. The fourth-order valence-corrected chi connectivity index (χ4v) is 4.01. The Morgan fingerprint density at radius 3 is 1.85 bits per heavy atom. The number of amides is 4. The Balaban J connectivity index is 1.89. The van der Waals surface area contributed by atoms with Crippen molar-refractivity contribution in [3.63, 3.8) is 0 Å². The minimum absolute atomic E-state index is 0.0556. The summed E-state index contributed by atoms with van der Waals surface area (Å²) in [5, 5.41) is 3.27. The summed E-state index contributed by atoms with van der Waals surface area (Å²) in [5.74, 6) is -2.43. The summed E-state index contributed by atoms with van der Waals surface area (Å²) < 4.78 is 0. The Morgan fingerprint density at radius 2 is 1.22 bits per heavy atom. The first kappa shape index (κ1) is 15.7. The normalized spacial score (nSPS) is 15.4. The molecule has 6 nitrogen and oxygen atoms in total. The highest BCUT2D eigenvalue weighted by molar-refractivity contribution is 6.46. The van der Waals surface area contributed by atoms with Crippen molar-refractivity contribution in [3.8, 4) is 0 Å². The van der Waals surface area contributed by atoms with E-state index in [2.05, 4.69) is 5.32 Å². The molecule has 2 aliphatic heterocycles. The number of rotatable bonds is 1. The second kappa shape index (κ2) is 5.25. The monoisotopic (exact) mass is 376 g/mol. The fourth-order valence-electron chi connectivity index (χ4n) is 3.67. The molecule has 5 rings (SSSR count). The van der Waals surface area contributed by atoms with E-state index in [1.54, 1.807) is 36.4 Å². The predicted octanol–water partition coefficient (Wildman–Crippen LogP) is 3.18. The van der Waals surface area contributed by atoms with Crippen LogP contribution < -0.4 is 10.2 Å². The van der Waals surface area contributed by atoms with Crippen molar-refractivity contribution >= 4 is 51.7 Å². The van der Waals surface area contributed by atoms with Crippen LogP contribution in [0.15, 0.2) is 48.5 Å². The number of hydrogen-bond acceptors (Lipinski definition) is 4. The van der Waals surface area contributed by atoms with E-state index in [0.29, 0.717) is 10.8 Å². The van der Waals surface area contributed by atoms with Crippen molar-refractivity contribution in [2.24, 2.45) is 0 Å². The second-order valence-corrected chi connectivity index (χ2v) is 6.61. The number of fused-ring (bicyclic) bond motifs is 4. The topological polar surface area (TPSA) is 83.6 Å². The van der Waals surface area contributed by atoms with E-state index in [1.807, 2.05) is 0 Å². The summed E-state index contributed by atoms with van der Waals surface area (Å²) in [4.78, 5) is 51.6. The third-order valence-electron chi connectivity index (χ3n) is 4.83. The molecule has 0 saturated carbocycles. The largest absolute Gasteiger partial charge is 0.288 e. The van der Waals surface area contributed by atoms with Crippen LogP contribution in [0.2, 0.25) is 5.02 Å². The van der Waals surface area contributed by atoms with Gasteiger partial charge in [0.05, 0.1) is 33.0 Å². The lowest BCUT2D eigenvalue weighted by Crippen LogP contribution is -2.31. The van der Waals surface area contributed by atoms with Crippen molar-refractivity contribution in [1.82, 2.24) is 5.32 Å². The zero-order chi connectivity index (χ0) is 18.9. The molecule has 0 aromatic heterocycles. The highest BCUT2D eigenvalue weighted by Crippen LogP contribution is 2.44. The smallest absolute Gasteiger partial charge is 0.266 e. The highest BCUT2D eigenvalue weighted by Gasteiger charge is 2.43. The predicted molar refractivity (Wildman–Crippen MR) is 98.3 cm³/mol. The van der Waals surface area contributed by atoms with Gasteiger partial charge in [-0.1, -0.05) is 48.0 Å². The number of anilines is 1. The molecule has 4 amide bonds. The van der Waals surface area contributed by atoms with Gasteiger partial charge >= 0.3 is 0 Å². The molecule has 2 aliphatic rings. The molecule has 2 heterocycles. The van der Waals surface area contributed by atoms with Gasteiger partial charge < -0.3 is 0 Å². The fraction of sp³-hybridized carbons (Fsp3) is 0. The van der Waals surface area contributed by atoms with Crippen LogP contribution in [0.25, 0.3) is 10.8 Å². The maximum Gasteiger partial charge on any atom is 0.266 e. The van der Waals surface area contributed by atoms with Gasteiger partial charge in [-0.2, -0.15) is 0 Å². The maximum atomic E-state index is 12.9. The number of benzene rings is 3. The highest BCUT2D eigenvalue weighted by atomic mass is 35.5. The molecule has 0 unspecified atom stereocenters. The molecule has 0 bridgehead atoms. The third-order valence-corrected chi connectivity index (χ3v) is 5.21. The summed E-state index contributed by atoms with van der Waals surface area (Å²) >= 11 is 6.55. The lowest BCUT2D eigenvalue weighted by Gasteiger charge is -2.20. The van der Waals surface area contributed by atoms with E-state index >= 15 is 0 Å². The number of halogens is 1. The molecular formula is C20H9ClN2O4. The molecule has 27 heavy (non-hydrogen) atoms. The number of imide groups is 2. The summed E-state index contributed by atoms with van der Waals surface area (Å²) in [5.41, 5.74) is 0.458. The molecule has 130 valence electrons. The number of hydrogen-bond donors (Lipinski definition) is 1. The van der Waals surface area contributed by atoms with Gasteiger partial charge in [0.2, 0.25) is 0 Å². The third kappa shape index (κ3) is 1.90. The first-order valence-corrected chi connectivity index (χ1v) is 8.46. The lowest BCUT2D eigenvalue weighted by molar-refractivity contribution is 0.0878.